The van der Waals surface area contributed by atoms with Crippen LogP contribution in [0.15, 0.2) is 136 Å². The van der Waals surface area contributed by atoms with Crippen molar-refractivity contribution < 1.29 is 23.6 Å². The lowest BCUT2D eigenvalue weighted by atomic mass is 10.2. The zero-order chi connectivity index (χ0) is 33.0. The number of aromatic nitrogens is 1. The number of hydrogen-bond acceptors (Lipinski definition) is 8. The molecule has 4 amide bonds. The number of carbonyl (C=O) groups excluding carboxylic acids is 4. The van der Waals surface area contributed by atoms with Crippen molar-refractivity contribution in [3.05, 3.63) is 137 Å². The Morgan fingerprint density at radius 2 is 1.62 bits per heavy atom. The van der Waals surface area contributed by atoms with E-state index in [9.17, 15) is 19.2 Å². The van der Waals surface area contributed by atoms with Crippen LogP contribution in [0.4, 0.5) is 11.4 Å². The quantitative estimate of drug-likeness (QED) is 0.122. The van der Waals surface area contributed by atoms with Crippen LogP contribution in [0.3, 0.4) is 0 Å². The van der Waals surface area contributed by atoms with Gasteiger partial charge in [0.2, 0.25) is 17.7 Å². The van der Waals surface area contributed by atoms with Gasteiger partial charge in [0.05, 0.1) is 10.9 Å². The summed E-state index contributed by atoms with van der Waals surface area (Å²) in [5.41, 5.74) is 3.68. The molecule has 1 unspecified atom stereocenters. The minimum Gasteiger partial charge on any atom is -0.436 e. The molecular formula is C37H26N4O5S2. The fourth-order valence-corrected chi connectivity index (χ4v) is 6.86. The first-order valence-electron chi connectivity index (χ1n) is 14.9. The Kier molecular flexibility index (Phi) is 8.69. The summed E-state index contributed by atoms with van der Waals surface area (Å²) in [6, 6.07) is 33.8. The summed E-state index contributed by atoms with van der Waals surface area (Å²) in [6.45, 7) is 0. The van der Waals surface area contributed by atoms with E-state index >= 15 is 0 Å². The van der Waals surface area contributed by atoms with Crippen LogP contribution >= 0.6 is 23.1 Å². The molecular weight excluding hydrogens is 645 g/mol. The molecule has 6 aromatic rings. The van der Waals surface area contributed by atoms with Crippen LogP contribution < -0.4 is 15.5 Å². The molecule has 1 fully saturated rings. The number of amides is 4. The van der Waals surface area contributed by atoms with E-state index in [2.05, 4.69) is 15.6 Å². The van der Waals surface area contributed by atoms with Crippen molar-refractivity contribution in [2.45, 2.75) is 16.6 Å². The molecule has 11 heteroatoms. The molecule has 1 aliphatic heterocycles. The number of fused-ring (bicyclic) bond motifs is 1. The second-order valence-corrected chi connectivity index (χ2v) is 13.0. The van der Waals surface area contributed by atoms with Gasteiger partial charge in [0.15, 0.2) is 5.58 Å². The average Bonchev–Trinajstić information content (AvgIpc) is 3.85. The number of carbonyl (C=O) groups is 4. The van der Waals surface area contributed by atoms with Gasteiger partial charge in [-0.3, -0.25) is 19.2 Å². The van der Waals surface area contributed by atoms with Crippen molar-refractivity contribution in [3.8, 4) is 11.5 Å². The van der Waals surface area contributed by atoms with Crippen molar-refractivity contribution >= 4 is 75.3 Å². The molecule has 236 valence electrons. The Labute approximate surface area is 283 Å². The van der Waals surface area contributed by atoms with Crippen LogP contribution in [-0.4, -0.2) is 33.9 Å². The van der Waals surface area contributed by atoms with Crippen molar-refractivity contribution in [2.24, 2.45) is 0 Å². The molecule has 48 heavy (non-hydrogen) atoms. The Morgan fingerprint density at radius 3 is 2.35 bits per heavy atom. The van der Waals surface area contributed by atoms with E-state index in [-0.39, 0.29) is 23.9 Å². The summed E-state index contributed by atoms with van der Waals surface area (Å²) in [7, 11) is 0. The summed E-state index contributed by atoms with van der Waals surface area (Å²) in [6.07, 6.45) is 1.69. The van der Waals surface area contributed by atoms with E-state index in [1.54, 1.807) is 78.9 Å². The first-order valence-corrected chi connectivity index (χ1v) is 16.7. The minimum absolute atomic E-state index is 0.0624. The van der Waals surface area contributed by atoms with Gasteiger partial charge in [0.1, 0.15) is 11.2 Å². The molecule has 0 radical (unpaired) electrons. The minimum atomic E-state index is -0.594. The standard InChI is InChI=1S/C37H26N4O5S2/c42-33-22-32(37(45)41(33)26-16-12-24(13-17-26)36-40-29-10-4-5-11-31(29)46-36)48-27-18-14-25(15-19-27)38-35(44)30(21-28-9-6-20-47-28)39-34(43)23-7-2-1-3-8-23/h1-21,32H,22H2,(H,38,44)(H,39,43)/b30-21-. The predicted octanol–water partition coefficient (Wildman–Crippen LogP) is 7.39. The van der Waals surface area contributed by atoms with E-state index in [0.29, 0.717) is 28.4 Å². The fourth-order valence-electron chi connectivity index (χ4n) is 5.15. The molecule has 1 atom stereocenters. The van der Waals surface area contributed by atoms with E-state index < -0.39 is 17.1 Å². The molecule has 7 rings (SSSR count). The summed E-state index contributed by atoms with van der Waals surface area (Å²) in [5.74, 6) is -0.999. The van der Waals surface area contributed by atoms with E-state index in [1.807, 2.05) is 47.8 Å². The summed E-state index contributed by atoms with van der Waals surface area (Å²) in [4.78, 5) is 59.7. The number of thioether (sulfide) groups is 1. The molecule has 0 spiro atoms. The average molecular weight is 671 g/mol. The highest BCUT2D eigenvalue weighted by atomic mass is 32.2. The summed E-state index contributed by atoms with van der Waals surface area (Å²) in [5, 5.41) is 6.85. The second-order valence-electron chi connectivity index (χ2n) is 10.8. The zero-order valence-corrected chi connectivity index (χ0v) is 26.8. The van der Waals surface area contributed by atoms with Crippen LogP contribution in [0.25, 0.3) is 28.6 Å². The van der Waals surface area contributed by atoms with E-state index in [4.69, 9.17) is 4.42 Å². The first-order chi connectivity index (χ1) is 23.4. The van der Waals surface area contributed by atoms with Crippen LogP contribution in [0.2, 0.25) is 0 Å². The van der Waals surface area contributed by atoms with Gasteiger partial charge >= 0.3 is 0 Å². The normalized spacial score (nSPS) is 14.8. The molecule has 1 aliphatic rings. The highest BCUT2D eigenvalue weighted by Gasteiger charge is 2.40. The van der Waals surface area contributed by atoms with Gasteiger partial charge in [-0.15, -0.1) is 23.1 Å². The molecule has 0 saturated carbocycles. The lowest BCUT2D eigenvalue weighted by Crippen LogP contribution is -2.31. The molecule has 0 aliphatic carbocycles. The molecule has 2 aromatic heterocycles. The van der Waals surface area contributed by atoms with Crippen LogP contribution in [0.1, 0.15) is 21.7 Å². The highest BCUT2D eigenvalue weighted by Crippen LogP contribution is 2.35. The Morgan fingerprint density at radius 1 is 0.875 bits per heavy atom. The third-order valence-corrected chi connectivity index (χ3v) is 9.54. The van der Waals surface area contributed by atoms with Crippen molar-refractivity contribution in [1.82, 2.24) is 10.3 Å². The van der Waals surface area contributed by atoms with Gasteiger partial charge in [0.25, 0.3) is 11.8 Å². The van der Waals surface area contributed by atoms with E-state index in [1.165, 1.54) is 28.0 Å². The molecule has 1 saturated heterocycles. The molecule has 2 N–H and O–H groups in total. The van der Waals surface area contributed by atoms with Crippen LogP contribution in [-0.2, 0) is 14.4 Å². The topological polar surface area (TPSA) is 122 Å². The third kappa shape index (κ3) is 6.68. The lowest BCUT2D eigenvalue weighted by molar-refractivity contribution is -0.121. The first kappa shape index (κ1) is 30.9. The highest BCUT2D eigenvalue weighted by molar-refractivity contribution is 8.00. The number of thiophene rings is 1. The van der Waals surface area contributed by atoms with Crippen molar-refractivity contribution in [1.29, 1.82) is 0 Å². The van der Waals surface area contributed by atoms with Gasteiger partial charge in [-0.05, 0) is 90.3 Å². The maximum atomic E-state index is 13.4. The molecule has 4 aromatic carbocycles. The number of para-hydroxylation sites is 2. The SMILES string of the molecule is O=C(Nc1ccc(SC2CC(=O)N(c3ccc(-c4nc5ccccc5o4)cc3)C2=O)cc1)/C(=C/c1cccs1)NC(=O)c1ccccc1. The van der Waals surface area contributed by atoms with Gasteiger partial charge in [-0.25, -0.2) is 9.88 Å². The molecule has 0 bridgehead atoms. The number of nitrogens with zero attached hydrogens (tertiary/aromatic N) is 2. The predicted molar refractivity (Wildman–Crippen MR) is 187 cm³/mol. The van der Waals surface area contributed by atoms with Crippen LogP contribution in [0, 0.1) is 0 Å². The van der Waals surface area contributed by atoms with Gasteiger partial charge in [-0.2, -0.15) is 0 Å². The molecule has 3 heterocycles. The number of benzene rings is 4. The molecule has 9 nitrogen and oxygen atoms in total. The van der Waals surface area contributed by atoms with Gasteiger partial charge in [-0.1, -0.05) is 36.4 Å². The fraction of sp³-hybridized carbons (Fsp3) is 0.0541. The lowest BCUT2D eigenvalue weighted by Gasteiger charge is -2.15. The zero-order valence-electron chi connectivity index (χ0n) is 25.2. The Hall–Kier alpha value is -5.78. The number of hydrogen-bond donors (Lipinski definition) is 2. The number of anilines is 2. The van der Waals surface area contributed by atoms with Gasteiger partial charge < -0.3 is 15.1 Å². The summed E-state index contributed by atoms with van der Waals surface area (Å²) >= 11 is 2.73. The number of imide groups is 1. The van der Waals surface area contributed by atoms with E-state index in [0.717, 1.165) is 20.9 Å². The smallest absolute Gasteiger partial charge is 0.272 e. The van der Waals surface area contributed by atoms with Crippen molar-refractivity contribution in [3.63, 3.8) is 0 Å². The summed E-state index contributed by atoms with van der Waals surface area (Å²) < 4.78 is 5.84. The number of rotatable bonds is 9. The maximum Gasteiger partial charge on any atom is 0.272 e. The van der Waals surface area contributed by atoms with Crippen LogP contribution in [0.5, 0.6) is 0 Å². The van der Waals surface area contributed by atoms with Crippen molar-refractivity contribution in [2.75, 3.05) is 10.2 Å². The van der Waals surface area contributed by atoms with Gasteiger partial charge in [0, 0.05) is 33.0 Å². The number of nitrogens with one attached hydrogen (secondary N) is 2. The Balaban J connectivity index is 0.997. The largest absolute Gasteiger partial charge is 0.436 e. The third-order valence-electron chi connectivity index (χ3n) is 7.52. The Bertz CT molecular complexity index is 2130. The monoisotopic (exact) mass is 670 g/mol. The maximum absolute atomic E-state index is 13.4. The second kappa shape index (κ2) is 13.5. The number of oxazole rings is 1.